The fourth-order valence-electron chi connectivity index (χ4n) is 1.21. The van der Waals surface area contributed by atoms with Crippen LogP contribution in [0.4, 0.5) is 5.82 Å². The molecule has 0 bridgehead atoms. The van der Waals surface area contributed by atoms with Crippen molar-refractivity contribution in [2.24, 2.45) is 5.92 Å². The third-order valence-corrected chi connectivity index (χ3v) is 3.20. The average Bonchev–Trinajstić information content (AvgIpc) is 2.16. The van der Waals surface area contributed by atoms with Crippen molar-refractivity contribution in [3.05, 3.63) is 17.6 Å². The second-order valence-electron chi connectivity index (χ2n) is 3.97. The lowest BCUT2D eigenvalue weighted by Gasteiger charge is -2.06. The van der Waals surface area contributed by atoms with E-state index in [1.807, 2.05) is 31.8 Å². The van der Waals surface area contributed by atoms with E-state index in [1.54, 1.807) is 0 Å². The lowest BCUT2D eigenvalue weighted by atomic mass is 10.3. The van der Waals surface area contributed by atoms with E-state index in [9.17, 15) is 0 Å². The molecule has 0 saturated heterocycles. The summed E-state index contributed by atoms with van der Waals surface area (Å²) in [7, 11) is 1.88. The number of thioether (sulfide) groups is 1. The Morgan fingerprint density at radius 3 is 2.73 bits per heavy atom. The molecule has 0 amide bonds. The predicted molar refractivity (Wildman–Crippen MR) is 67.3 cm³/mol. The molecule has 1 aromatic rings. The van der Waals surface area contributed by atoms with Crippen LogP contribution in [-0.2, 0) is 5.75 Å². The van der Waals surface area contributed by atoms with Gasteiger partial charge in [0.2, 0.25) is 0 Å². The highest BCUT2D eigenvalue weighted by Gasteiger charge is 2.02. The molecule has 0 aliphatic rings. The van der Waals surface area contributed by atoms with Gasteiger partial charge in [-0.3, -0.25) is 0 Å². The maximum Gasteiger partial charge on any atom is 0.140 e. The topological polar surface area (TPSA) is 37.8 Å². The second-order valence-corrected chi connectivity index (χ2v) is 5.00. The molecule has 0 unspecified atom stereocenters. The van der Waals surface area contributed by atoms with Gasteiger partial charge in [-0.1, -0.05) is 13.8 Å². The zero-order valence-electron chi connectivity index (χ0n) is 9.87. The van der Waals surface area contributed by atoms with Gasteiger partial charge in [0, 0.05) is 18.8 Å². The third kappa shape index (κ3) is 4.51. The summed E-state index contributed by atoms with van der Waals surface area (Å²) in [5, 5.41) is 3.05. The summed E-state index contributed by atoms with van der Waals surface area (Å²) in [6, 6.07) is 1.95. The lowest BCUT2D eigenvalue weighted by molar-refractivity contribution is 0.749. The number of anilines is 1. The summed E-state index contributed by atoms with van der Waals surface area (Å²) >= 11 is 1.89. The summed E-state index contributed by atoms with van der Waals surface area (Å²) in [5.74, 6) is 4.61. The summed E-state index contributed by atoms with van der Waals surface area (Å²) in [5.41, 5.74) is 1.02. The molecular formula is C11H19N3S. The van der Waals surface area contributed by atoms with E-state index in [2.05, 4.69) is 29.1 Å². The van der Waals surface area contributed by atoms with Crippen molar-refractivity contribution in [1.82, 2.24) is 9.97 Å². The standard InChI is InChI=1S/C11H19N3S/c1-8(2)6-15-7-11-13-9(3)5-10(12-4)14-11/h5,8H,6-7H2,1-4H3,(H,12,13,14). The fraction of sp³-hybridized carbons (Fsp3) is 0.636. The van der Waals surface area contributed by atoms with Gasteiger partial charge >= 0.3 is 0 Å². The van der Waals surface area contributed by atoms with E-state index in [0.717, 1.165) is 34.8 Å². The van der Waals surface area contributed by atoms with Gasteiger partial charge in [-0.2, -0.15) is 11.8 Å². The molecule has 0 radical (unpaired) electrons. The van der Waals surface area contributed by atoms with Crippen molar-refractivity contribution < 1.29 is 0 Å². The Labute approximate surface area is 96.1 Å². The minimum absolute atomic E-state index is 0.726. The van der Waals surface area contributed by atoms with Gasteiger partial charge in [-0.15, -0.1) is 0 Å². The molecule has 0 atom stereocenters. The molecule has 15 heavy (non-hydrogen) atoms. The zero-order chi connectivity index (χ0) is 11.3. The van der Waals surface area contributed by atoms with E-state index in [4.69, 9.17) is 0 Å². The first kappa shape index (κ1) is 12.3. The number of aromatic nitrogens is 2. The molecule has 0 spiro atoms. The minimum Gasteiger partial charge on any atom is -0.373 e. The SMILES string of the molecule is CNc1cc(C)nc(CSCC(C)C)n1. The van der Waals surface area contributed by atoms with E-state index in [0.29, 0.717) is 0 Å². The van der Waals surface area contributed by atoms with Crippen LogP contribution in [0.1, 0.15) is 25.4 Å². The first-order chi connectivity index (χ1) is 7.11. The molecule has 1 N–H and O–H groups in total. The third-order valence-electron chi connectivity index (χ3n) is 1.84. The van der Waals surface area contributed by atoms with Crippen molar-refractivity contribution in [3.63, 3.8) is 0 Å². The molecule has 0 fully saturated rings. The van der Waals surface area contributed by atoms with Crippen molar-refractivity contribution in [3.8, 4) is 0 Å². The van der Waals surface area contributed by atoms with E-state index >= 15 is 0 Å². The van der Waals surface area contributed by atoms with Gasteiger partial charge in [0.05, 0.1) is 5.75 Å². The van der Waals surface area contributed by atoms with Crippen molar-refractivity contribution in [2.45, 2.75) is 26.5 Å². The molecule has 84 valence electrons. The van der Waals surface area contributed by atoms with Gasteiger partial charge in [-0.25, -0.2) is 9.97 Å². The fourth-order valence-corrected chi connectivity index (χ4v) is 2.11. The normalized spacial score (nSPS) is 10.7. The number of nitrogens with zero attached hydrogens (tertiary/aromatic N) is 2. The summed E-state index contributed by atoms with van der Waals surface area (Å²) in [6.45, 7) is 6.45. The first-order valence-corrected chi connectivity index (χ1v) is 6.37. The number of nitrogens with one attached hydrogen (secondary N) is 1. The van der Waals surface area contributed by atoms with Gasteiger partial charge in [0.15, 0.2) is 0 Å². The van der Waals surface area contributed by atoms with Crippen LogP contribution < -0.4 is 5.32 Å². The summed E-state index contributed by atoms with van der Waals surface area (Å²) in [6.07, 6.45) is 0. The molecule has 1 aromatic heterocycles. The molecule has 4 heteroatoms. The monoisotopic (exact) mass is 225 g/mol. The number of hydrogen-bond acceptors (Lipinski definition) is 4. The Morgan fingerprint density at radius 1 is 1.40 bits per heavy atom. The Bertz CT molecular complexity index is 313. The van der Waals surface area contributed by atoms with Crippen molar-refractivity contribution in [1.29, 1.82) is 0 Å². The highest BCUT2D eigenvalue weighted by Crippen LogP contribution is 2.14. The van der Waals surface area contributed by atoms with Crippen LogP contribution in [0.25, 0.3) is 0 Å². The van der Waals surface area contributed by atoms with Gasteiger partial charge in [0.25, 0.3) is 0 Å². The van der Waals surface area contributed by atoms with Gasteiger partial charge in [0.1, 0.15) is 11.6 Å². The maximum absolute atomic E-state index is 4.41. The first-order valence-electron chi connectivity index (χ1n) is 5.22. The smallest absolute Gasteiger partial charge is 0.140 e. The quantitative estimate of drug-likeness (QED) is 0.836. The minimum atomic E-state index is 0.726. The maximum atomic E-state index is 4.41. The van der Waals surface area contributed by atoms with Crippen LogP contribution in [0.2, 0.25) is 0 Å². The number of hydrogen-bond donors (Lipinski definition) is 1. The average molecular weight is 225 g/mol. The van der Waals surface area contributed by atoms with Crippen LogP contribution in [0.15, 0.2) is 6.07 Å². The Morgan fingerprint density at radius 2 is 2.13 bits per heavy atom. The second kappa shape index (κ2) is 5.95. The molecule has 0 aliphatic carbocycles. The van der Waals surface area contributed by atoms with Crippen LogP contribution in [-0.4, -0.2) is 22.8 Å². The molecule has 0 aliphatic heterocycles. The summed E-state index contributed by atoms with van der Waals surface area (Å²) < 4.78 is 0. The molecule has 0 saturated carbocycles. The van der Waals surface area contributed by atoms with Crippen molar-refractivity contribution in [2.75, 3.05) is 18.1 Å². The van der Waals surface area contributed by atoms with E-state index in [1.165, 1.54) is 0 Å². The zero-order valence-corrected chi connectivity index (χ0v) is 10.7. The van der Waals surface area contributed by atoms with E-state index < -0.39 is 0 Å². The Balaban J connectivity index is 2.56. The van der Waals surface area contributed by atoms with Crippen LogP contribution in [0.5, 0.6) is 0 Å². The molecule has 1 rings (SSSR count). The highest BCUT2D eigenvalue weighted by atomic mass is 32.2. The van der Waals surface area contributed by atoms with Crippen LogP contribution in [0, 0.1) is 12.8 Å². The van der Waals surface area contributed by atoms with E-state index in [-0.39, 0.29) is 0 Å². The van der Waals surface area contributed by atoms with Crippen molar-refractivity contribution >= 4 is 17.6 Å². The Kier molecular flexibility index (Phi) is 4.88. The summed E-state index contributed by atoms with van der Waals surface area (Å²) in [4.78, 5) is 8.81. The molecule has 1 heterocycles. The molecule has 3 nitrogen and oxygen atoms in total. The number of rotatable bonds is 5. The van der Waals surface area contributed by atoms with Crippen LogP contribution in [0.3, 0.4) is 0 Å². The highest BCUT2D eigenvalue weighted by molar-refractivity contribution is 7.98. The van der Waals surface area contributed by atoms with Gasteiger partial charge in [-0.05, 0) is 18.6 Å². The predicted octanol–water partition coefficient (Wildman–Crippen LogP) is 2.72. The molecule has 0 aromatic carbocycles. The largest absolute Gasteiger partial charge is 0.373 e. The Hall–Kier alpha value is -0.770. The van der Waals surface area contributed by atoms with Crippen LogP contribution >= 0.6 is 11.8 Å². The van der Waals surface area contributed by atoms with Gasteiger partial charge < -0.3 is 5.32 Å². The lowest BCUT2D eigenvalue weighted by Crippen LogP contribution is -2.01. The number of aryl methyl sites for hydroxylation is 1. The molecular weight excluding hydrogens is 206 g/mol.